The third kappa shape index (κ3) is 3.09. The van der Waals surface area contributed by atoms with Crippen molar-refractivity contribution >= 4 is 45.4 Å². The number of benzene rings is 2. The summed E-state index contributed by atoms with van der Waals surface area (Å²) in [6.45, 7) is 1.89. The Bertz CT molecular complexity index is 1110. The van der Waals surface area contributed by atoms with Crippen LogP contribution in [0.25, 0.3) is 21.5 Å². The Morgan fingerprint density at radius 3 is 2.73 bits per heavy atom. The highest BCUT2D eigenvalue weighted by Crippen LogP contribution is 2.29. The number of rotatable bonds is 3. The molecule has 4 aromatic rings. The standard InChI is InChI=1S/C21H15ClN2OS/c1-13-16(22)7-4-9-17(13)24-21(25)15-12-19(20-10-5-11-26-20)23-18-8-3-2-6-14(15)18/h2-12H,1H3,(H,24,25). The van der Waals surface area contributed by atoms with E-state index >= 15 is 0 Å². The summed E-state index contributed by atoms with van der Waals surface area (Å²) in [5.41, 5.74) is 3.75. The van der Waals surface area contributed by atoms with Gasteiger partial charge in [0.25, 0.3) is 5.91 Å². The zero-order valence-corrected chi connectivity index (χ0v) is 15.6. The van der Waals surface area contributed by atoms with E-state index in [2.05, 4.69) is 5.32 Å². The topological polar surface area (TPSA) is 42.0 Å². The monoisotopic (exact) mass is 378 g/mol. The summed E-state index contributed by atoms with van der Waals surface area (Å²) in [6, 6.07) is 19.0. The molecule has 0 saturated heterocycles. The molecule has 1 amide bonds. The zero-order valence-electron chi connectivity index (χ0n) is 14.0. The summed E-state index contributed by atoms with van der Waals surface area (Å²) in [5.74, 6) is -0.174. The van der Waals surface area contributed by atoms with Gasteiger partial charge in [-0.15, -0.1) is 11.3 Å². The van der Waals surface area contributed by atoms with Crippen LogP contribution in [0.4, 0.5) is 5.69 Å². The maximum atomic E-state index is 13.0. The summed E-state index contributed by atoms with van der Waals surface area (Å²) in [4.78, 5) is 18.8. The molecule has 0 bridgehead atoms. The van der Waals surface area contributed by atoms with Gasteiger partial charge in [0.05, 0.1) is 21.7 Å². The van der Waals surface area contributed by atoms with Gasteiger partial charge in [-0.2, -0.15) is 0 Å². The SMILES string of the molecule is Cc1c(Cl)cccc1NC(=O)c1cc(-c2cccs2)nc2ccccc12. The Morgan fingerprint density at radius 2 is 1.92 bits per heavy atom. The Kier molecular flexibility index (Phi) is 4.45. The first-order valence-corrected chi connectivity index (χ1v) is 9.39. The van der Waals surface area contributed by atoms with Gasteiger partial charge in [-0.1, -0.05) is 41.9 Å². The average molecular weight is 379 g/mol. The van der Waals surface area contributed by atoms with Crippen LogP contribution in [-0.2, 0) is 0 Å². The van der Waals surface area contributed by atoms with E-state index in [-0.39, 0.29) is 5.91 Å². The number of aromatic nitrogens is 1. The van der Waals surface area contributed by atoms with Crippen molar-refractivity contribution in [2.24, 2.45) is 0 Å². The van der Waals surface area contributed by atoms with Crippen LogP contribution in [0.2, 0.25) is 5.02 Å². The summed E-state index contributed by atoms with van der Waals surface area (Å²) in [5, 5.41) is 6.44. The Balaban J connectivity index is 1.82. The van der Waals surface area contributed by atoms with Crippen LogP contribution in [0.3, 0.4) is 0 Å². The largest absolute Gasteiger partial charge is 0.322 e. The fourth-order valence-electron chi connectivity index (χ4n) is 2.85. The molecule has 0 atom stereocenters. The number of hydrogen-bond donors (Lipinski definition) is 1. The van der Waals surface area contributed by atoms with Gasteiger partial charge in [-0.05, 0) is 48.2 Å². The number of carbonyl (C=O) groups is 1. The van der Waals surface area contributed by atoms with Crippen molar-refractivity contribution in [1.82, 2.24) is 4.98 Å². The van der Waals surface area contributed by atoms with Gasteiger partial charge >= 0.3 is 0 Å². The van der Waals surface area contributed by atoms with Gasteiger partial charge in [0.2, 0.25) is 0 Å². The van der Waals surface area contributed by atoms with E-state index in [1.54, 1.807) is 11.3 Å². The number of thiophene rings is 1. The number of amides is 1. The third-order valence-electron chi connectivity index (χ3n) is 4.25. The summed E-state index contributed by atoms with van der Waals surface area (Å²) < 4.78 is 0. The molecular weight excluding hydrogens is 364 g/mol. The molecule has 0 aliphatic rings. The number of anilines is 1. The normalized spacial score (nSPS) is 10.8. The fraction of sp³-hybridized carbons (Fsp3) is 0.0476. The van der Waals surface area contributed by atoms with E-state index in [9.17, 15) is 4.79 Å². The summed E-state index contributed by atoms with van der Waals surface area (Å²) in [6.07, 6.45) is 0. The van der Waals surface area contributed by atoms with E-state index in [0.717, 1.165) is 27.0 Å². The lowest BCUT2D eigenvalue weighted by Crippen LogP contribution is -2.14. The van der Waals surface area contributed by atoms with E-state index < -0.39 is 0 Å². The van der Waals surface area contributed by atoms with Crippen LogP contribution in [0.1, 0.15) is 15.9 Å². The minimum absolute atomic E-state index is 0.174. The first-order chi connectivity index (χ1) is 12.6. The van der Waals surface area contributed by atoms with Gasteiger partial charge in [0.15, 0.2) is 0 Å². The van der Waals surface area contributed by atoms with E-state index in [0.29, 0.717) is 16.3 Å². The maximum absolute atomic E-state index is 13.0. The van der Waals surface area contributed by atoms with Gasteiger partial charge in [-0.3, -0.25) is 4.79 Å². The van der Waals surface area contributed by atoms with Gasteiger partial charge in [0.1, 0.15) is 0 Å². The van der Waals surface area contributed by atoms with E-state index in [4.69, 9.17) is 16.6 Å². The van der Waals surface area contributed by atoms with Crippen LogP contribution in [0.5, 0.6) is 0 Å². The van der Waals surface area contributed by atoms with Crippen molar-refractivity contribution in [3.63, 3.8) is 0 Å². The number of pyridine rings is 1. The minimum Gasteiger partial charge on any atom is -0.322 e. The summed E-state index contributed by atoms with van der Waals surface area (Å²) >= 11 is 7.77. The Labute approximate surface area is 160 Å². The molecule has 0 radical (unpaired) electrons. The second-order valence-electron chi connectivity index (χ2n) is 5.92. The molecule has 2 aromatic carbocycles. The first-order valence-electron chi connectivity index (χ1n) is 8.13. The molecule has 1 N–H and O–H groups in total. The van der Waals surface area contributed by atoms with Crippen molar-refractivity contribution in [3.8, 4) is 10.6 Å². The van der Waals surface area contributed by atoms with E-state index in [1.807, 2.05) is 73.0 Å². The predicted molar refractivity (Wildman–Crippen MR) is 109 cm³/mol. The molecule has 0 unspecified atom stereocenters. The van der Waals surface area contributed by atoms with Crippen LogP contribution >= 0.6 is 22.9 Å². The quantitative estimate of drug-likeness (QED) is 0.462. The molecule has 0 saturated carbocycles. The number of nitrogens with zero attached hydrogens (tertiary/aromatic N) is 1. The fourth-order valence-corrected chi connectivity index (χ4v) is 3.71. The second-order valence-corrected chi connectivity index (χ2v) is 7.27. The number of carbonyl (C=O) groups excluding carboxylic acids is 1. The lowest BCUT2D eigenvalue weighted by molar-refractivity contribution is 0.102. The van der Waals surface area contributed by atoms with Crippen molar-refractivity contribution in [2.45, 2.75) is 6.92 Å². The summed E-state index contributed by atoms with van der Waals surface area (Å²) in [7, 11) is 0. The van der Waals surface area contributed by atoms with Gasteiger partial charge < -0.3 is 5.32 Å². The number of fused-ring (bicyclic) bond motifs is 1. The van der Waals surface area contributed by atoms with Crippen LogP contribution < -0.4 is 5.32 Å². The smallest absolute Gasteiger partial charge is 0.256 e. The minimum atomic E-state index is -0.174. The molecule has 0 aliphatic heterocycles. The number of para-hydroxylation sites is 1. The lowest BCUT2D eigenvalue weighted by atomic mass is 10.1. The second kappa shape index (κ2) is 6.90. The van der Waals surface area contributed by atoms with Crippen molar-refractivity contribution in [1.29, 1.82) is 0 Å². The molecule has 0 spiro atoms. The van der Waals surface area contributed by atoms with Gasteiger partial charge in [-0.25, -0.2) is 4.98 Å². The lowest BCUT2D eigenvalue weighted by Gasteiger charge is -2.12. The Morgan fingerprint density at radius 1 is 1.08 bits per heavy atom. The average Bonchev–Trinajstić information content (AvgIpc) is 3.19. The third-order valence-corrected chi connectivity index (χ3v) is 5.55. The molecule has 3 nitrogen and oxygen atoms in total. The van der Waals surface area contributed by atoms with Crippen LogP contribution in [0.15, 0.2) is 66.0 Å². The van der Waals surface area contributed by atoms with Crippen LogP contribution in [0, 0.1) is 6.92 Å². The number of halogens is 1. The highest BCUT2D eigenvalue weighted by molar-refractivity contribution is 7.13. The first kappa shape index (κ1) is 16.8. The molecule has 0 fully saturated rings. The highest BCUT2D eigenvalue weighted by atomic mass is 35.5. The molecular formula is C21H15ClN2OS. The maximum Gasteiger partial charge on any atom is 0.256 e. The van der Waals surface area contributed by atoms with Crippen LogP contribution in [-0.4, -0.2) is 10.9 Å². The van der Waals surface area contributed by atoms with Gasteiger partial charge in [0, 0.05) is 16.1 Å². The molecule has 0 aliphatic carbocycles. The van der Waals surface area contributed by atoms with Crippen molar-refractivity contribution in [3.05, 3.63) is 82.2 Å². The molecule has 4 rings (SSSR count). The predicted octanol–water partition coefficient (Wildman–Crippen LogP) is 6.18. The van der Waals surface area contributed by atoms with Crippen molar-refractivity contribution < 1.29 is 4.79 Å². The molecule has 26 heavy (non-hydrogen) atoms. The molecule has 2 aromatic heterocycles. The molecule has 5 heteroatoms. The zero-order chi connectivity index (χ0) is 18.1. The van der Waals surface area contributed by atoms with E-state index in [1.165, 1.54) is 0 Å². The highest BCUT2D eigenvalue weighted by Gasteiger charge is 2.15. The Hall–Kier alpha value is -2.69. The molecule has 128 valence electrons. The molecule has 2 heterocycles. The number of hydrogen-bond acceptors (Lipinski definition) is 3. The number of nitrogens with one attached hydrogen (secondary N) is 1. The van der Waals surface area contributed by atoms with Crippen molar-refractivity contribution in [2.75, 3.05) is 5.32 Å².